The first-order valence-corrected chi connectivity index (χ1v) is 6.84. The second kappa shape index (κ2) is 13.7. The average Bonchev–Trinajstić information content (AvgIpc) is 2.35. The zero-order chi connectivity index (χ0) is 12.8. The Labute approximate surface area is 106 Å². The van der Waals surface area contributed by atoms with E-state index in [9.17, 15) is 0 Å². The fourth-order valence-electron chi connectivity index (χ4n) is 1.43. The lowest BCUT2D eigenvalue weighted by molar-refractivity contribution is -0.146. The van der Waals surface area contributed by atoms with E-state index in [2.05, 4.69) is 19.9 Å². The van der Waals surface area contributed by atoms with E-state index in [0.717, 1.165) is 51.7 Å². The summed E-state index contributed by atoms with van der Waals surface area (Å²) in [4.78, 5) is 0. The maximum atomic E-state index is 8.61. The van der Waals surface area contributed by atoms with Gasteiger partial charge < -0.3 is 14.6 Å². The van der Waals surface area contributed by atoms with Crippen LogP contribution in [0.2, 0.25) is 0 Å². The van der Waals surface area contributed by atoms with Gasteiger partial charge in [-0.3, -0.25) is 0 Å². The monoisotopic (exact) mass is 244 g/mol. The van der Waals surface area contributed by atoms with Crippen LogP contribution in [0.3, 0.4) is 0 Å². The fourth-order valence-corrected chi connectivity index (χ4v) is 1.43. The number of aliphatic hydroxyl groups is 1. The van der Waals surface area contributed by atoms with Crippen molar-refractivity contribution in [3.05, 3.63) is 12.2 Å². The third-order valence-corrected chi connectivity index (χ3v) is 2.29. The summed E-state index contributed by atoms with van der Waals surface area (Å²) in [5.74, 6) is 0. The van der Waals surface area contributed by atoms with Crippen LogP contribution >= 0.6 is 0 Å². The first-order valence-electron chi connectivity index (χ1n) is 6.84. The molecule has 102 valence electrons. The summed E-state index contributed by atoms with van der Waals surface area (Å²) < 4.78 is 11.3. The van der Waals surface area contributed by atoms with Gasteiger partial charge in [0.1, 0.15) is 0 Å². The van der Waals surface area contributed by atoms with Crippen LogP contribution in [0.4, 0.5) is 0 Å². The third kappa shape index (κ3) is 11.9. The van der Waals surface area contributed by atoms with Crippen LogP contribution in [0.5, 0.6) is 0 Å². The Kier molecular flexibility index (Phi) is 13.4. The van der Waals surface area contributed by atoms with Gasteiger partial charge in [-0.05, 0) is 38.5 Å². The van der Waals surface area contributed by atoms with Crippen molar-refractivity contribution in [2.24, 2.45) is 0 Å². The summed E-state index contributed by atoms with van der Waals surface area (Å²) in [6, 6.07) is 0. The molecule has 0 aromatic heterocycles. The summed E-state index contributed by atoms with van der Waals surface area (Å²) in [6.45, 7) is 5.99. The van der Waals surface area contributed by atoms with Gasteiger partial charge in [-0.15, -0.1) is 0 Å². The van der Waals surface area contributed by atoms with Gasteiger partial charge in [-0.25, -0.2) is 0 Å². The van der Waals surface area contributed by atoms with Crippen LogP contribution < -0.4 is 0 Å². The maximum Gasteiger partial charge on any atom is 0.157 e. The van der Waals surface area contributed by atoms with Gasteiger partial charge >= 0.3 is 0 Å². The van der Waals surface area contributed by atoms with E-state index in [4.69, 9.17) is 14.6 Å². The van der Waals surface area contributed by atoms with E-state index in [1.165, 1.54) is 0 Å². The largest absolute Gasteiger partial charge is 0.396 e. The SMILES string of the molecule is CCCOC(CCC/C=C/CCO)OCCC. The number of hydrogen-bond acceptors (Lipinski definition) is 3. The lowest BCUT2D eigenvalue weighted by Gasteiger charge is -2.17. The molecule has 0 spiro atoms. The zero-order valence-corrected chi connectivity index (χ0v) is 11.4. The second-order valence-electron chi connectivity index (χ2n) is 4.09. The molecule has 0 radical (unpaired) electrons. The van der Waals surface area contributed by atoms with E-state index in [0.29, 0.717) is 0 Å². The minimum Gasteiger partial charge on any atom is -0.396 e. The standard InChI is InChI=1S/C14H28O3/c1-3-12-16-14(17-13-4-2)10-8-6-5-7-9-11-15/h5,7,14-15H,3-4,6,8-13H2,1-2H3/b7-5+. The first-order chi connectivity index (χ1) is 8.35. The van der Waals surface area contributed by atoms with E-state index in [1.807, 2.05) is 6.08 Å². The van der Waals surface area contributed by atoms with Gasteiger partial charge in [0.05, 0.1) is 0 Å². The van der Waals surface area contributed by atoms with E-state index in [1.54, 1.807) is 0 Å². The van der Waals surface area contributed by atoms with Crippen molar-refractivity contribution >= 4 is 0 Å². The molecule has 0 aromatic carbocycles. The number of aliphatic hydroxyl groups excluding tert-OH is 1. The predicted octanol–water partition coefficient (Wildman–Crippen LogP) is 3.27. The van der Waals surface area contributed by atoms with Gasteiger partial charge in [0.15, 0.2) is 6.29 Å². The van der Waals surface area contributed by atoms with E-state index in [-0.39, 0.29) is 12.9 Å². The van der Waals surface area contributed by atoms with Crippen molar-refractivity contribution in [3.63, 3.8) is 0 Å². The number of allylic oxidation sites excluding steroid dienone is 1. The topological polar surface area (TPSA) is 38.7 Å². The van der Waals surface area contributed by atoms with Crippen molar-refractivity contribution in [2.45, 2.75) is 58.7 Å². The normalized spacial score (nSPS) is 11.8. The summed E-state index contributed by atoms with van der Waals surface area (Å²) in [5, 5.41) is 8.61. The Hall–Kier alpha value is -0.380. The molecular weight excluding hydrogens is 216 g/mol. The molecule has 0 aromatic rings. The Morgan fingerprint density at radius 1 is 1.00 bits per heavy atom. The summed E-state index contributed by atoms with van der Waals surface area (Å²) in [6.07, 6.45) is 9.96. The average molecular weight is 244 g/mol. The zero-order valence-electron chi connectivity index (χ0n) is 11.4. The molecule has 0 saturated carbocycles. The lowest BCUT2D eigenvalue weighted by atomic mass is 10.2. The molecule has 17 heavy (non-hydrogen) atoms. The minimum absolute atomic E-state index is 0.0406. The van der Waals surface area contributed by atoms with Crippen LogP contribution in [-0.4, -0.2) is 31.2 Å². The third-order valence-electron chi connectivity index (χ3n) is 2.29. The van der Waals surface area contributed by atoms with Gasteiger partial charge in [0, 0.05) is 19.8 Å². The highest BCUT2D eigenvalue weighted by Gasteiger charge is 2.07. The van der Waals surface area contributed by atoms with E-state index < -0.39 is 0 Å². The van der Waals surface area contributed by atoms with Crippen LogP contribution in [-0.2, 0) is 9.47 Å². The Morgan fingerprint density at radius 2 is 1.59 bits per heavy atom. The van der Waals surface area contributed by atoms with Crippen molar-refractivity contribution in [2.75, 3.05) is 19.8 Å². The molecule has 0 unspecified atom stereocenters. The Bertz CT molecular complexity index is 161. The van der Waals surface area contributed by atoms with Crippen LogP contribution in [0.1, 0.15) is 52.4 Å². The summed E-state index contributed by atoms with van der Waals surface area (Å²) in [7, 11) is 0. The van der Waals surface area contributed by atoms with Crippen LogP contribution in [0.15, 0.2) is 12.2 Å². The second-order valence-corrected chi connectivity index (χ2v) is 4.09. The molecule has 0 aliphatic heterocycles. The molecule has 0 aliphatic rings. The molecule has 0 saturated heterocycles. The van der Waals surface area contributed by atoms with Crippen LogP contribution in [0, 0.1) is 0 Å². The quantitative estimate of drug-likeness (QED) is 0.325. The molecule has 0 aliphatic carbocycles. The highest BCUT2D eigenvalue weighted by atomic mass is 16.7. The van der Waals surface area contributed by atoms with Crippen molar-refractivity contribution in [1.82, 2.24) is 0 Å². The number of unbranched alkanes of at least 4 members (excludes halogenated alkanes) is 1. The maximum absolute atomic E-state index is 8.61. The van der Waals surface area contributed by atoms with Gasteiger partial charge in [-0.2, -0.15) is 0 Å². The molecule has 3 nitrogen and oxygen atoms in total. The van der Waals surface area contributed by atoms with E-state index >= 15 is 0 Å². The Balaban J connectivity index is 3.59. The molecule has 1 N–H and O–H groups in total. The molecule has 0 heterocycles. The molecular formula is C14H28O3. The first kappa shape index (κ1) is 16.6. The van der Waals surface area contributed by atoms with Gasteiger partial charge in [0.25, 0.3) is 0 Å². The van der Waals surface area contributed by atoms with Gasteiger partial charge in [0.2, 0.25) is 0 Å². The number of ether oxygens (including phenoxy) is 2. The molecule has 0 fully saturated rings. The van der Waals surface area contributed by atoms with Crippen molar-refractivity contribution < 1.29 is 14.6 Å². The van der Waals surface area contributed by atoms with Crippen LogP contribution in [0.25, 0.3) is 0 Å². The predicted molar refractivity (Wildman–Crippen MR) is 71.0 cm³/mol. The summed E-state index contributed by atoms with van der Waals surface area (Å²) in [5.41, 5.74) is 0. The summed E-state index contributed by atoms with van der Waals surface area (Å²) >= 11 is 0. The molecule has 0 rings (SSSR count). The van der Waals surface area contributed by atoms with Crippen molar-refractivity contribution in [3.8, 4) is 0 Å². The molecule has 0 amide bonds. The minimum atomic E-state index is -0.0406. The van der Waals surface area contributed by atoms with Crippen molar-refractivity contribution in [1.29, 1.82) is 0 Å². The highest BCUT2D eigenvalue weighted by Crippen LogP contribution is 2.08. The highest BCUT2D eigenvalue weighted by molar-refractivity contribution is 4.81. The molecule has 0 bridgehead atoms. The molecule has 0 atom stereocenters. The molecule has 3 heteroatoms. The fraction of sp³-hybridized carbons (Fsp3) is 0.857. The number of hydrogen-bond donors (Lipinski definition) is 1. The Morgan fingerprint density at radius 3 is 2.12 bits per heavy atom. The number of rotatable bonds is 12. The van der Waals surface area contributed by atoms with Gasteiger partial charge in [-0.1, -0.05) is 26.0 Å². The lowest BCUT2D eigenvalue weighted by Crippen LogP contribution is -2.18. The smallest absolute Gasteiger partial charge is 0.157 e.